The third-order valence-corrected chi connectivity index (χ3v) is 2.71. The zero-order chi connectivity index (χ0) is 9.97. The van der Waals surface area contributed by atoms with Crippen LogP contribution in [0.1, 0.15) is 10.5 Å². The molecule has 1 atom stereocenters. The van der Waals surface area contributed by atoms with E-state index in [9.17, 15) is 4.79 Å². The van der Waals surface area contributed by atoms with Crippen molar-refractivity contribution in [2.45, 2.75) is 4.83 Å². The summed E-state index contributed by atoms with van der Waals surface area (Å²) in [4.78, 5) is 14.6. The third kappa shape index (κ3) is 1.68. The molecule has 0 spiro atoms. The molecule has 1 heterocycles. The standard InChI is InChI=1S/C11H8BrNO/c12-9(7-14)11-6-5-8-3-1-2-4-10(8)13-11/h1-7,9H. The average Bonchev–Trinajstić information content (AvgIpc) is 2.27. The summed E-state index contributed by atoms with van der Waals surface area (Å²) in [6, 6.07) is 11.7. The van der Waals surface area contributed by atoms with Crippen LogP contribution in [-0.2, 0) is 4.79 Å². The van der Waals surface area contributed by atoms with Crippen molar-refractivity contribution in [1.29, 1.82) is 0 Å². The van der Waals surface area contributed by atoms with Crippen LogP contribution in [0.15, 0.2) is 36.4 Å². The van der Waals surface area contributed by atoms with Crippen LogP contribution < -0.4 is 0 Å². The second kappa shape index (κ2) is 3.88. The molecule has 0 aliphatic carbocycles. The highest BCUT2D eigenvalue weighted by atomic mass is 79.9. The Kier molecular flexibility index (Phi) is 2.59. The molecular weight excluding hydrogens is 242 g/mol. The van der Waals surface area contributed by atoms with Crippen molar-refractivity contribution in [3.63, 3.8) is 0 Å². The van der Waals surface area contributed by atoms with E-state index in [0.717, 1.165) is 22.9 Å². The average molecular weight is 250 g/mol. The quantitative estimate of drug-likeness (QED) is 0.606. The molecule has 0 bridgehead atoms. The number of para-hydroxylation sites is 1. The van der Waals surface area contributed by atoms with Crippen molar-refractivity contribution in [2.75, 3.05) is 0 Å². The van der Waals surface area contributed by atoms with Gasteiger partial charge in [-0.3, -0.25) is 4.98 Å². The fraction of sp³-hybridized carbons (Fsp3) is 0.0909. The largest absolute Gasteiger partial charge is 0.302 e. The summed E-state index contributed by atoms with van der Waals surface area (Å²) < 4.78 is 0. The predicted molar refractivity (Wildman–Crippen MR) is 59.5 cm³/mol. The Labute approximate surface area is 90.1 Å². The van der Waals surface area contributed by atoms with Crippen molar-refractivity contribution in [3.05, 3.63) is 42.1 Å². The van der Waals surface area contributed by atoms with E-state index in [2.05, 4.69) is 20.9 Å². The van der Waals surface area contributed by atoms with Crippen molar-refractivity contribution < 1.29 is 4.79 Å². The van der Waals surface area contributed by atoms with E-state index < -0.39 is 0 Å². The molecule has 0 amide bonds. The number of aldehydes is 1. The molecule has 0 saturated heterocycles. The number of carbonyl (C=O) groups excluding carboxylic acids is 1. The molecule has 0 aliphatic rings. The number of benzene rings is 1. The molecule has 1 aromatic carbocycles. The van der Waals surface area contributed by atoms with Gasteiger partial charge in [0.05, 0.1) is 11.2 Å². The van der Waals surface area contributed by atoms with Crippen LogP contribution in [0.3, 0.4) is 0 Å². The lowest BCUT2D eigenvalue weighted by atomic mass is 10.2. The predicted octanol–water partition coefficient (Wildman–Crippen LogP) is 2.87. The first-order valence-electron chi connectivity index (χ1n) is 4.26. The van der Waals surface area contributed by atoms with Gasteiger partial charge in [-0.2, -0.15) is 0 Å². The summed E-state index contributed by atoms with van der Waals surface area (Å²) in [5.41, 5.74) is 1.66. The van der Waals surface area contributed by atoms with Crippen molar-refractivity contribution in [1.82, 2.24) is 4.98 Å². The van der Waals surface area contributed by atoms with E-state index in [4.69, 9.17) is 0 Å². The molecule has 0 fully saturated rings. The smallest absolute Gasteiger partial charge is 0.139 e. The van der Waals surface area contributed by atoms with E-state index in [-0.39, 0.29) is 4.83 Å². The summed E-state index contributed by atoms with van der Waals surface area (Å²) in [5, 5.41) is 1.09. The van der Waals surface area contributed by atoms with Crippen molar-refractivity contribution in [2.24, 2.45) is 0 Å². The highest BCUT2D eigenvalue weighted by Crippen LogP contribution is 2.20. The molecule has 1 aromatic heterocycles. The van der Waals surface area contributed by atoms with Gasteiger partial charge < -0.3 is 4.79 Å². The number of carbonyl (C=O) groups is 1. The molecule has 0 aliphatic heterocycles. The molecule has 0 radical (unpaired) electrons. The third-order valence-electron chi connectivity index (χ3n) is 2.02. The monoisotopic (exact) mass is 249 g/mol. The molecule has 14 heavy (non-hydrogen) atoms. The Hall–Kier alpha value is -1.22. The summed E-state index contributed by atoms with van der Waals surface area (Å²) in [6.07, 6.45) is 0.830. The molecule has 0 saturated carbocycles. The highest BCUT2D eigenvalue weighted by molar-refractivity contribution is 9.09. The molecule has 2 rings (SSSR count). The summed E-state index contributed by atoms with van der Waals surface area (Å²) in [5.74, 6) is 0. The Morgan fingerprint density at radius 1 is 1.21 bits per heavy atom. The molecular formula is C11H8BrNO. The van der Waals surface area contributed by atoms with Crippen LogP contribution in [0.2, 0.25) is 0 Å². The van der Waals surface area contributed by atoms with Gasteiger partial charge in [-0.25, -0.2) is 0 Å². The van der Waals surface area contributed by atoms with Crippen LogP contribution in [0, 0.1) is 0 Å². The van der Waals surface area contributed by atoms with Crippen molar-refractivity contribution >= 4 is 33.1 Å². The Morgan fingerprint density at radius 2 is 2.00 bits per heavy atom. The van der Waals surface area contributed by atoms with E-state index in [1.807, 2.05) is 36.4 Å². The molecule has 70 valence electrons. The lowest BCUT2D eigenvalue weighted by Gasteiger charge is -2.02. The molecule has 2 aromatic rings. The van der Waals surface area contributed by atoms with Gasteiger partial charge in [-0.05, 0) is 12.1 Å². The number of hydrogen-bond donors (Lipinski definition) is 0. The second-order valence-corrected chi connectivity index (χ2v) is 3.95. The van der Waals surface area contributed by atoms with Gasteiger partial charge >= 0.3 is 0 Å². The van der Waals surface area contributed by atoms with Crippen LogP contribution in [0.5, 0.6) is 0 Å². The second-order valence-electron chi connectivity index (χ2n) is 2.97. The SMILES string of the molecule is O=CC(Br)c1ccc2ccccc2n1. The fourth-order valence-corrected chi connectivity index (χ4v) is 1.56. The van der Waals surface area contributed by atoms with Gasteiger partial charge in [0, 0.05) is 5.39 Å². The first-order chi connectivity index (χ1) is 6.81. The summed E-state index contributed by atoms with van der Waals surface area (Å²) in [6.45, 7) is 0. The van der Waals surface area contributed by atoms with Crippen molar-refractivity contribution in [3.8, 4) is 0 Å². The lowest BCUT2D eigenvalue weighted by Crippen LogP contribution is -1.94. The maximum absolute atomic E-state index is 10.6. The van der Waals surface area contributed by atoms with Gasteiger partial charge in [-0.1, -0.05) is 40.2 Å². The zero-order valence-corrected chi connectivity index (χ0v) is 8.94. The molecule has 3 heteroatoms. The minimum absolute atomic E-state index is 0.313. The number of nitrogens with zero attached hydrogens (tertiary/aromatic N) is 1. The van der Waals surface area contributed by atoms with Gasteiger partial charge in [0.25, 0.3) is 0 Å². The highest BCUT2D eigenvalue weighted by Gasteiger charge is 2.07. The summed E-state index contributed by atoms with van der Waals surface area (Å²) in [7, 11) is 0. The Bertz CT molecular complexity index is 470. The van der Waals surface area contributed by atoms with E-state index in [1.54, 1.807) is 0 Å². The number of hydrogen-bond acceptors (Lipinski definition) is 2. The van der Waals surface area contributed by atoms with Gasteiger partial charge in [0.1, 0.15) is 11.1 Å². The number of alkyl halides is 1. The Morgan fingerprint density at radius 3 is 2.79 bits per heavy atom. The molecule has 2 nitrogen and oxygen atoms in total. The maximum atomic E-state index is 10.6. The first-order valence-corrected chi connectivity index (χ1v) is 5.18. The normalized spacial score (nSPS) is 12.6. The minimum atomic E-state index is -0.313. The zero-order valence-electron chi connectivity index (χ0n) is 7.35. The minimum Gasteiger partial charge on any atom is -0.302 e. The van der Waals surface area contributed by atoms with E-state index >= 15 is 0 Å². The number of fused-ring (bicyclic) bond motifs is 1. The molecule has 0 N–H and O–H groups in total. The summed E-state index contributed by atoms with van der Waals surface area (Å²) >= 11 is 3.24. The van der Waals surface area contributed by atoms with Crippen LogP contribution in [-0.4, -0.2) is 11.3 Å². The number of pyridine rings is 1. The van der Waals surface area contributed by atoms with Crippen LogP contribution >= 0.6 is 15.9 Å². The topological polar surface area (TPSA) is 30.0 Å². The number of aromatic nitrogens is 1. The molecule has 1 unspecified atom stereocenters. The number of rotatable bonds is 2. The van der Waals surface area contributed by atoms with Crippen LogP contribution in [0.4, 0.5) is 0 Å². The first kappa shape index (κ1) is 9.34. The van der Waals surface area contributed by atoms with E-state index in [1.165, 1.54) is 0 Å². The van der Waals surface area contributed by atoms with Gasteiger partial charge in [0.15, 0.2) is 0 Å². The fourth-order valence-electron chi connectivity index (χ4n) is 1.31. The van der Waals surface area contributed by atoms with E-state index in [0.29, 0.717) is 0 Å². The Balaban J connectivity index is 2.56. The van der Waals surface area contributed by atoms with Gasteiger partial charge in [0.2, 0.25) is 0 Å². The van der Waals surface area contributed by atoms with Crippen LogP contribution in [0.25, 0.3) is 10.9 Å². The van der Waals surface area contributed by atoms with Gasteiger partial charge in [-0.15, -0.1) is 0 Å². The lowest BCUT2D eigenvalue weighted by molar-refractivity contribution is -0.107. The maximum Gasteiger partial charge on any atom is 0.139 e. The number of halogens is 1.